The highest BCUT2D eigenvalue weighted by atomic mass is 79.9. The SMILES string of the molecule is COCC(CNC(=O)c1c(F)cc(Br)cc1F)OC. The smallest absolute Gasteiger partial charge is 0.257 e. The first-order chi connectivity index (χ1) is 8.99. The molecule has 106 valence electrons. The highest BCUT2D eigenvalue weighted by Gasteiger charge is 2.19. The second-order valence-electron chi connectivity index (χ2n) is 3.77. The summed E-state index contributed by atoms with van der Waals surface area (Å²) in [4.78, 5) is 11.7. The summed E-state index contributed by atoms with van der Waals surface area (Å²) in [7, 11) is 2.94. The molecule has 1 aromatic rings. The Kier molecular flexibility index (Phi) is 6.33. The van der Waals surface area contributed by atoms with E-state index in [-0.39, 0.29) is 23.7 Å². The number of hydrogen-bond acceptors (Lipinski definition) is 3. The van der Waals surface area contributed by atoms with Crippen LogP contribution in [0.1, 0.15) is 10.4 Å². The molecule has 1 atom stereocenters. The number of methoxy groups -OCH3 is 2. The van der Waals surface area contributed by atoms with E-state index < -0.39 is 23.1 Å². The van der Waals surface area contributed by atoms with E-state index in [1.165, 1.54) is 14.2 Å². The molecule has 0 aliphatic carbocycles. The monoisotopic (exact) mass is 337 g/mol. The average Bonchev–Trinajstić information content (AvgIpc) is 2.33. The van der Waals surface area contributed by atoms with Gasteiger partial charge in [0.15, 0.2) is 0 Å². The van der Waals surface area contributed by atoms with Crippen molar-refractivity contribution in [3.63, 3.8) is 0 Å². The van der Waals surface area contributed by atoms with Crippen molar-refractivity contribution in [3.05, 3.63) is 33.8 Å². The maximum Gasteiger partial charge on any atom is 0.257 e. The Morgan fingerprint density at radius 2 is 1.95 bits per heavy atom. The van der Waals surface area contributed by atoms with Crippen LogP contribution in [-0.2, 0) is 9.47 Å². The van der Waals surface area contributed by atoms with E-state index >= 15 is 0 Å². The van der Waals surface area contributed by atoms with Crippen LogP contribution < -0.4 is 5.32 Å². The number of amides is 1. The number of rotatable bonds is 6. The van der Waals surface area contributed by atoms with Gasteiger partial charge in [0.05, 0.1) is 12.7 Å². The van der Waals surface area contributed by atoms with Gasteiger partial charge in [0.25, 0.3) is 5.91 Å². The van der Waals surface area contributed by atoms with Crippen LogP contribution in [-0.4, -0.2) is 39.4 Å². The van der Waals surface area contributed by atoms with Crippen molar-refractivity contribution in [3.8, 4) is 0 Å². The van der Waals surface area contributed by atoms with Crippen molar-refractivity contribution >= 4 is 21.8 Å². The number of carbonyl (C=O) groups excluding carboxylic acids is 1. The predicted octanol–water partition coefficient (Wildman–Crippen LogP) is 2.12. The molecule has 4 nitrogen and oxygen atoms in total. The summed E-state index contributed by atoms with van der Waals surface area (Å²) < 4.78 is 37.2. The van der Waals surface area contributed by atoms with Gasteiger partial charge < -0.3 is 14.8 Å². The molecular weight excluding hydrogens is 324 g/mol. The molecule has 0 aromatic heterocycles. The third kappa shape index (κ3) is 4.52. The lowest BCUT2D eigenvalue weighted by Gasteiger charge is -2.15. The fourth-order valence-corrected chi connectivity index (χ4v) is 1.85. The zero-order chi connectivity index (χ0) is 14.4. The van der Waals surface area contributed by atoms with E-state index in [1.807, 2.05) is 0 Å². The molecule has 7 heteroatoms. The second kappa shape index (κ2) is 7.52. The van der Waals surface area contributed by atoms with E-state index in [4.69, 9.17) is 9.47 Å². The standard InChI is InChI=1S/C12H14BrF2NO3/c1-18-6-8(19-2)5-16-12(17)11-9(14)3-7(13)4-10(11)15/h3-4,8H,5-6H2,1-2H3,(H,16,17). The summed E-state index contributed by atoms with van der Waals surface area (Å²) in [5.41, 5.74) is -0.615. The summed E-state index contributed by atoms with van der Waals surface area (Å²) in [6, 6.07) is 2.06. The molecule has 0 aliphatic heterocycles. The van der Waals surface area contributed by atoms with Gasteiger partial charge in [-0.1, -0.05) is 15.9 Å². The van der Waals surface area contributed by atoms with Crippen molar-refractivity contribution in [2.45, 2.75) is 6.10 Å². The van der Waals surface area contributed by atoms with E-state index in [0.29, 0.717) is 0 Å². The molecule has 1 aromatic carbocycles. The minimum Gasteiger partial charge on any atom is -0.382 e. The molecule has 1 rings (SSSR count). The largest absolute Gasteiger partial charge is 0.382 e. The van der Waals surface area contributed by atoms with Crippen molar-refractivity contribution in [1.82, 2.24) is 5.32 Å². The number of benzene rings is 1. The van der Waals surface area contributed by atoms with Crippen LogP contribution in [0.15, 0.2) is 16.6 Å². The van der Waals surface area contributed by atoms with Gasteiger partial charge in [-0.3, -0.25) is 4.79 Å². The quantitative estimate of drug-likeness (QED) is 0.864. The summed E-state index contributed by atoms with van der Waals surface area (Å²) in [5.74, 6) is -2.68. The van der Waals surface area contributed by atoms with Crippen LogP contribution >= 0.6 is 15.9 Å². The van der Waals surface area contributed by atoms with E-state index in [0.717, 1.165) is 12.1 Å². The van der Waals surface area contributed by atoms with Gasteiger partial charge in [-0.05, 0) is 12.1 Å². The van der Waals surface area contributed by atoms with Crippen LogP contribution in [0.3, 0.4) is 0 Å². The fourth-order valence-electron chi connectivity index (χ4n) is 1.45. The van der Waals surface area contributed by atoms with E-state index in [9.17, 15) is 13.6 Å². The minimum atomic E-state index is -0.926. The molecule has 0 radical (unpaired) electrons. The maximum atomic E-state index is 13.5. The number of ether oxygens (including phenoxy) is 2. The lowest BCUT2D eigenvalue weighted by atomic mass is 10.2. The van der Waals surface area contributed by atoms with Crippen LogP contribution in [0.25, 0.3) is 0 Å². The van der Waals surface area contributed by atoms with Gasteiger partial charge in [0, 0.05) is 25.2 Å². The Balaban J connectivity index is 2.73. The van der Waals surface area contributed by atoms with Crippen LogP contribution in [0, 0.1) is 11.6 Å². The summed E-state index contributed by atoms with van der Waals surface area (Å²) in [6.07, 6.45) is -0.379. The number of hydrogen-bond donors (Lipinski definition) is 1. The molecule has 0 heterocycles. The highest BCUT2D eigenvalue weighted by Crippen LogP contribution is 2.19. The van der Waals surface area contributed by atoms with Crippen LogP contribution in [0.4, 0.5) is 8.78 Å². The molecule has 0 fully saturated rings. The first-order valence-electron chi connectivity index (χ1n) is 5.44. The molecule has 1 unspecified atom stereocenters. The molecule has 1 N–H and O–H groups in total. The normalized spacial score (nSPS) is 12.3. The summed E-state index contributed by atoms with van der Waals surface area (Å²) in [6.45, 7) is 0.361. The fraction of sp³-hybridized carbons (Fsp3) is 0.417. The first-order valence-corrected chi connectivity index (χ1v) is 6.23. The zero-order valence-electron chi connectivity index (χ0n) is 10.5. The highest BCUT2D eigenvalue weighted by molar-refractivity contribution is 9.10. The van der Waals surface area contributed by atoms with Crippen molar-refractivity contribution < 1.29 is 23.0 Å². The van der Waals surface area contributed by atoms with E-state index in [2.05, 4.69) is 21.2 Å². The molecular formula is C12H14BrF2NO3. The van der Waals surface area contributed by atoms with Gasteiger partial charge in [0.1, 0.15) is 17.2 Å². The predicted molar refractivity (Wildman–Crippen MR) is 69.1 cm³/mol. The minimum absolute atomic E-state index is 0.0954. The Morgan fingerprint density at radius 3 is 2.42 bits per heavy atom. The molecule has 19 heavy (non-hydrogen) atoms. The van der Waals surface area contributed by atoms with E-state index in [1.54, 1.807) is 0 Å². The van der Waals surface area contributed by atoms with Crippen molar-refractivity contribution in [2.75, 3.05) is 27.4 Å². The first kappa shape index (κ1) is 16.0. The summed E-state index contributed by atoms with van der Waals surface area (Å²) >= 11 is 2.94. The third-order valence-corrected chi connectivity index (χ3v) is 2.87. The molecule has 0 bridgehead atoms. The van der Waals surface area contributed by atoms with Gasteiger partial charge in [-0.2, -0.15) is 0 Å². The molecule has 0 saturated heterocycles. The molecule has 1 amide bonds. The Labute approximate surface area is 118 Å². The molecule has 0 spiro atoms. The van der Waals surface area contributed by atoms with Crippen LogP contribution in [0.5, 0.6) is 0 Å². The lowest BCUT2D eigenvalue weighted by molar-refractivity contribution is 0.0284. The number of halogens is 3. The van der Waals surface area contributed by atoms with Crippen molar-refractivity contribution in [1.29, 1.82) is 0 Å². The number of carbonyl (C=O) groups is 1. The van der Waals surface area contributed by atoms with Gasteiger partial charge >= 0.3 is 0 Å². The molecule has 0 saturated carbocycles. The average molecular weight is 338 g/mol. The van der Waals surface area contributed by atoms with Crippen molar-refractivity contribution in [2.24, 2.45) is 0 Å². The Bertz CT molecular complexity index is 434. The maximum absolute atomic E-state index is 13.5. The zero-order valence-corrected chi connectivity index (χ0v) is 12.1. The second-order valence-corrected chi connectivity index (χ2v) is 4.68. The Hall–Kier alpha value is -1.05. The third-order valence-electron chi connectivity index (χ3n) is 2.41. The topological polar surface area (TPSA) is 47.6 Å². The van der Waals surface area contributed by atoms with Crippen LogP contribution in [0.2, 0.25) is 0 Å². The van der Waals surface area contributed by atoms with Gasteiger partial charge in [-0.15, -0.1) is 0 Å². The summed E-state index contributed by atoms with van der Waals surface area (Å²) in [5, 5.41) is 2.40. The van der Waals surface area contributed by atoms with Gasteiger partial charge in [0.2, 0.25) is 0 Å². The Morgan fingerprint density at radius 1 is 1.37 bits per heavy atom. The molecule has 0 aliphatic rings. The lowest BCUT2D eigenvalue weighted by Crippen LogP contribution is -2.36. The number of nitrogens with one attached hydrogen (secondary N) is 1. The van der Waals surface area contributed by atoms with Gasteiger partial charge in [-0.25, -0.2) is 8.78 Å².